The molecule has 0 saturated carbocycles. The van der Waals surface area contributed by atoms with Gasteiger partial charge in [0.05, 0.1) is 25.4 Å². The van der Waals surface area contributed by atoms with Gasteiger partial charge in [-0.1, -0.05) is 0 Å². The Kier molecular flexibility index (Phi) is 6.24. The van der Waals surface area contributed by atoms with E-state index in [-0.39, 0.29) is 12.2 Å². The summed E-state index contributed by atoms with van der Waals surface area (Å²) in [4.78, 5) is 0. The van der Waals surface area contributed by atoms with Crippen LogP contribution in [-0.4, -0.2) is 61.2 Å². The molecule has 2 saturated heterocycles. The molecular weight excluding hydrogens is 250 g/mol. The van der Waals surface area contributed by atoms with Crippen LogP contribution < -0.4 is 5.32 Å². The molecule has 2 N–H and O–H groups in total. The number of thioether (sulfide) groups is 1. The van der Waals surface area contributed by atoms with Crippen molar-refractivity contribution >= 4 is 11.8 Å². The minimum Gasteiger partial charge on any atom is -0.394 e. The summed E-state index contributed by atoms with van der Waals surface area (Å²) in [6.45, 7) is 2.99. The van der Waals surface area contributed by atoms with Gasteiger partial charge in [0.1, 0.15) is 0 Å². The van der Waals surface area contributed by atoms with Crippen molar-refractivity contribution in [3.63, 3.8) is 0 Å². The molecule has 2 fully saturated rings. The molecule has 0 bridgehead atoms. The molecule has 4 nitrogen and oxygen atoms in total. The van der Waals surface area contributed by atoms with Gasteiger partial charge in [-0.3, -0.25) is 0 Å². The van der Waals surface area contributed by atoms with Crippen molar-refractivity contribution in [1.82, 2.24) is 5.32 Å². The predicted molar refractivity (Wildman–Crippen MR) is 74.2 cm³/mol. The highest BCUT2D eigenvalue weighted by atomic mass is 32.2. The van der Waals surface area contributed by atoms with Gasteiger partial charge in [0, 0.05) is 19.2 Å². The molecular formula is C13H25NO3S. The first-order valence-corrected chi connectivity index (χ1v) is 8.14. The standard InChI is InChI=1S/C13H25NO3S/c15-5-8-16-7-4-14-12-1-6-17-13(11-12)2-9-18-10-3-13/h12,14-15H,1-11H2. The SMILES string of the molecule is OCCOCCNC1CCOC2(CCSCC2)C1. The Morgan fingerprint density at radius 3 is 2.94 bits per heavy atom. The summed E-state index contributed by atoms with van der Waals surface area (Å²) < 4.78 is 11.3. The fraction of sp³-hybridized carbons (Fsp3) is 1.00. The third-order valence-corrected chi connectivity index (χ3v) is 4.80. The van der Waals surface area contributed by atoms with E-state index in [2.05, 4.69) is 5.32 Å². The summed E-state index contributed by atoms with van der Waals surface area (Å²) in [7, 11) is 0. The van der Waals surface area contributed by atoms with E-state index in [9.17, 15) is 0 Å². The van der Waals surface area contributed by atoms with Gasteiger partial charge in [-0.15, -0.1) is 0 Å². The molecule has 0 aromatic rings. The zero-order valence-corrected chi connectivity index (χ0v) is 11.8. The number of hydrogen-bond acceptors (Lipinski definition) is 5. The Morgan fingerprint density at radius 2 is 2.17 bits per heavy atom. The first-order valence-electron chi connectivity index (χ1n) is 6.98. The van der Waals surface area contributed by atoms with Crippen LogP contribution in [0, 0.1) is 0 Å². The van der Waals surface area contributed by atoms with Crippen molar-refractivity contribution in [1.29, 1.82) is 0 Å². The van der Waals surface area contributed by atoms with Crippen molar-refractivity contribution in [2.45, 2.75) is 37.3 Å². The van der Waals surface area contributed by atoms with Crippen LogP contribution in [0.25, 0.3) is 0 Å². The molecule has 2 aliphatic heterocycles. The highest BCUT2D eigenvalue weighted by molar-refractivity contribution is 7.99. The molecule has 106 valence electrons. The number of nitrogens with one attached hydrogen (secondary N) is 1. The highest BCUT2D eigenvalue weighted by Crippen LogP contribution is 2.37. The minimum absolute atomic E-state index is 0.109. The van der Waals surface area contributed by atoms with Crippen molar-refractivity contribution in [3.8, 4) is 0 Å². The van der Waals surface area contributed by atoms with Gasteiger partial charge in [0.2, 0.25) is 0 Å². The summed E-state index contributed by atoms with van der Waals surface area (Å²) in [5.74, 6) is 2.48. The molecule has 0 aromatic heterocycles. The van der Waals surface area contributed by atoms with Gasteiger partial charge in [-0.2, -0.15) is 11.8 Å². The molecule has 2 rings (SSSR count). The molecule has 2 heterocycles. The maximum atomic E-state index is 8.62. The van der Waals surface area contributed by atoms with E-state index in [0.29, 0.717) is 19.3 Å². The quantitative estimate of drug-likeness (QED) is 0.709. The Balaban J connectivity index is 1.66. The second-order valence-corrected chi connectivity index (χ2v) is 6.35. The van der Waals surface area contributed by atoms with E-state index in [1.807, 2.05) is 11.8 Å². The number of rotatable bonds is 6. The van der Waals surface area contributed by atoms with E-state index >= 15 is 0 Å². The lowest BCUT2D eigenvalue weighted by Gasteiger charge is -2.43. The van der Waals surface area contributed by atoms with Crippen molar-refractivity contribution < 1.29 is 14.6 Å². The molecule has 2 aliphatic rings. The smallest absolute Gasteiger partial charge is 0.0713 e. The number of hydrogen-bond donors (Lipinski definition) is 2. The summed E-state index contributed by atoms with van der Waals surface area (Å²) in [6, 6.07) is 0.569. The number of ether oxygens (including phenoxy) is 2. The van der Waals surface area contributed by atoms with Gasteiger partial charge in [-0.05, 0) is 37.2 Å². The maximum absolute atomic E-state index is 8.62. The van der Waals surface area contributed by atoms with E-state index in [0.717, 1.165) is 26.0 Å². The maximum Gasteiger partial charge on any atom is 0.0713 e. The zero-order valence-electron chi connectivity index (χ0n) is 11.0. The van der Waals surface area contributed by atoms with Crippen LogP contribution in [0.3, 0.4) is 0 Å². The van der Waals surface area contributed by atoms with Crippen molar-refractivity contribution in [3.05, 3.63) is 0 Å². The van der Waals surface area contributed by atoms with Crippen LogP contribution in [-0.2, 0) is 9.47 Å². The van der Waals surface area contributed by atoms with Crippen LogP contribution in [0.1, 0.15) is 25.7 Å². The van der Waals surface area contributed by atoms with Gasteiger partial charge in [-0.25, -0.2) is 0 Å². The molecule has 1 atom stereocenters. The largest absolute Gasteiger partial charge is 0.394 e. The van der Waals surface area contributed by atoms with E-state index in [4.69, 9.17) is 14.6 Å². The molecule has 0 aliphatic carbocycles. The first-order chi connectivity index (χ1) is 8.85. The highest BCUT2D eigenvalue weighted by Gasteiger charge is 2.38. The Morgan fingerprint density at radius 1 is 1.33 bits per heavy atom. The van der Waals surface area contributed by atoms with Gasteiger partial charge in [0.15, 0.2) is 0 Å². The summed E-state index contributed by atoms with van der Waals surface area (Å²) in [6.07, 6.45) is 4.66. The van der Waals surface area contributed by atoms with E-state index in [1.54, 1.807) is 0 Å². The van der Waals surface area contributed by atoms with E-state index < -0.39 is 0 Å². The van der Waals surface area contributed by atoms with Crippen LogP contribution in [0.15, 0.2) is 0 Å². The van der Waals surface area contributed by atoms with Crippen LogP contribution in [0.4, 0.5) is 0 Å². The number of aliphatic hydroxyl groups is 1. The Labute approximate surface area is 114 Å². The van der Waals surface area contributed by atoms with Crippen molar-refractivity contribution in [2.24, 2.45) is 0 Å². The third-order valence-electron chi connectivity index (χ3n) is 3.81. The van der Waals surface area contributed by atoms with E-state index in [1.165, 1.54) is 24.3 Å². The third kappa shape index (κ3) is 4.38. The summed E-state index contributed by atoms with van der Waals surface area (Å²) in [5, 5.41) is 12.2. The fourth-order valence-corrected chi connectivity index (χ4v) is 4.03. The second-order valence-electron chi connectivity index (χ2n) is 5.12. The zero-order chi connectivity index (χ0) is 12.7. The molecule has 18 heavy (non-hydrogen) atoms. The number of aliphatic hydroxyl groups excluding tert-OH is 1. The van der Waals surface area contributed by atoms with Crippen molar-refractivity contribution in [2.75, 3.05) is 44.5 Å². The van der Waals surface area contributed by atoms with Gasteiger partial charge >= 0.3 is 0 Å². The minimum atomic E-state index is 0.109. The topological polar surface area (TPSA) is 50.7 Å². The normalized spacial score (nSPS) is 27.5. The fourth-order valence-electron chi connectivity index (χ4n) is 2.80. The summed E-state index contributed by atoms with van der Waals surface area (Å²) >= 11 is 2.05. The molecule has 0 radical (unpaired) electrons. The Bertz CT molecular complexity index is 229. The molecule has 1 spiro atoms. The van der Waals surface area contributed by atoms with Gasteiger partial charge < -0.3 is 19.9 Å². The molecule has 0 aromatic carbocycles. The first kappa shape index (κ1) is 14.6. The molecule has 1 unspecified atom stereocenters. The summed E-state index contributed by atoms with van der Waals surface area (Å²) in [5.41, 5.74) is 0.160. The van der Waals surface area contributed by atoms with Gasteiger partial charge in [0.25, 0.3) is 0 Å². The molecule has 5 heteroatoms. The lowest BCUT2D eigenvalue weighted by molar-refractivity contribution is -0.0935. The average molecular weight is 275 g/mol. The lowest BCUT2D eigenvalue weighted by Crippen LogP contribution is -2.49. The van der Waals surface area contributed by atoms with Crippen LogP contribution >= 0.6 is 11.8 Å². The Hall–Kier alpha value is 0.190. The van der Waals surface area contributed by atoms with Crippen LogP contribution in [0.5, 0.6) is 0 Å². The monoisotopic (exact) mass is 275 g/mol. The second kappa shape index (κ2) is 7.70. The lowest BCUT2D eigenvalue weighted by atomic mass is 9.85. The molecule has 0 amide bonds. The van der Waals surface area contributed by atoms with Crippen LogP contribution in [0.2, 0.25) is 0 Å². The predicted octanol–water partition coefficient (Wildman–Crippen LogP) is 1.03. The average Bonchev–Trinajstić information content (AvgIpc) is 2.40.